The smallest absolute Gasteiger partial charge is 0.298 e. The number of aromatic nitrogens is 4. The number of alkyl halides is 2. The monoisotopic (exact) mass is 489 g/mol. The van der Waals surface area contributed by atoms with Crippen LogP contribution >= 0.6 is 11.3 Å². The van der Waals surface area contributed by atoms with Crippen molar-refractivity contribution in [2.75, 3.05) is 5.01 Å². The number of hydrazone groups is 1. The van der Waals surface area contributed by atoms with E-state index >= 15 is 0 Å². The first-order valence-corrected chi connectivity index (χ1v) is 10.8. The zero-order valence-electron chi connectivity index (χ0n) is 18.4. The number of carbonyl (C=O) groups excluding carboxylic acids is 1. The zero-order chi connectivity index (χ0) is 24.6. The van der Waals surface area contributed by atoms with Gasteiger partial charge in [0, 0.05) is 11.1 Å². The number of anilines is 1. The van der Waals surface area contributed by atoms with Crippen LogP contribution in [-0.2, 0) is 0 Å². The summed E-state index contributed by atoms with van der Waals surface area (Å²) in [4.78, 5) is 23.5. The highest BCUT2D eigenvalue weighted by atomic mass is 32.1. The number of carbonyl (C=O) groups is 1. The maximum absolute atomic E-state index is 13.5. The molecule has 1 atom stereocenters. The quantitative estimate of drug-likeness (QED) is 0.162. The molecule has 4 aromatic rings. The van der Waals surface area contributed by atoms with Gasteiger partial charge in [-0.2, -0.15) is 10.1 Å². The summed E-state index contributed by atoms with van der Waals surface area (Å²) in [6.07, 6.45) is 0.0699. The number of fused-ring (bicyclic) bond motifs is 1. The lowest BCUT2D eigenvalue weighted by molar-refractivity contribution is 0.0932. The normalized spacial score (nSPS) is 13.0. The number of hydrogen-bond donors (Lipinski definition) is 3. The molecule has 4 heterocycles. The van der Waals surface area contributed by atoms with Gasteiger partial charge < -0.3 is 15.7 Å². The van der Waals surface area contributed by atoms with Crippen LogP contribution in [0.1, 0.15) is 39.9 Å². The molecule has 0 aliphatic carbocycles. The first-order chi connectivity index (χ1) is 16.2. The van der Waals surface area contributed by atoms with Crippen LogP contribution in [0.5, 0.6) is 0 Å². The fourth-order valence-electron chi connectivity index (χ4n) is 3.30. The van der Waals surface area contributed by atoms with Gasteiger partial charge in [0.2, 0.25) is 11.7 Å². The minimum atomic E-state index is -3.05. The van der Waals surface area contributed by atoms with Crippen LogP contribution in [0.25, 0.3) is 16.2 Å². The Balaban J connectivity index is 1.81. The average Bonchev–Trinajstić information content (AvgIpc) is 3.52. The minimum absolute atomic E-state index is 0.0120. The van der Waals surface area contributed by atoms with E-state index in [1.54, 1.807) is 30.6 Å². The highest BCUT2D eigenvalue weighted by Gasteiger charge is 2.26. The van der Waals surface area contributed by atoms with Gasteiger partial charge in [-0.25, -0.2) is 19.6 Å². The van der Waals surface area contributed by atoms with Crippen LogP contribution in [0, 0.1) is 13.8 Å². The molecule has 34 heavy (non-hydrogen) atoms. The zero-order valence-corrected chi connectivity index (χ0v) is 19.2. The number of amidine groups is 1. The van der Waals surface area contributed by atoms with E-state index in [1.807, 2.05) is 19.1 Å². The van der Waals surface area contributed by atoms with Crippen molar-refractivity contribution in [2.24, 2.45) is 16.8 Å². The lowest BCUT2D eigenvalue weighted by Gasteiger charge is -2.21. The van der Waals surface area contributed by atoms with Crippen molar-refractivity contribution in [1.82, 2.24) is 24.8 Å². The number of pyridine rings is 1. The summed E-state index contributed by atoms with van der Waals surface area (Å²) in [5.41, 5.74) is 1.03. The van der Waals surface area contributed by atoms with Gasteiger partial charge in [-0.3, -0.25) is 14.2 Å². The largest absolute Gasteiger partial charge is 0.340 e. The molecular weight excluding hydrogens is 468 g/mol. The third kappa shape index (κ3) is 4.32. The molecule has 0 spiro atoms. The summed E-state index contributed by atoms with van der Waals surface area (Å²) >= 11 is 1.52. The number of halogens is 2. The number of nitrogens with zero attached hydrogens (tertiary/aromatic N) is 6. The summed E-state index contributed by atoms with van der Waals surface area (Å²) in [5, 5.41) is 10.2. The first-order valence-electron chi connectivity index (χ1n) is 9.99. The molecule has 0 bridgehead atoms. The van der Waals surface area contributed by atoms with Gasteiger partial charge >= 0.3 is 0 Å². The van der Waals surface area contributed by atoms with Gasteiger partial charge in [0.05, 0.1) is 22.3 Å². The second kappa shape index (κ2) is 9.15. The number of nitrogens with two attached hydrogens (primary N) is 2. The second-order valence-electron chi connectivity index (χ2n) is 7.39. The van der Waals surface area contributed by atoms with Gasteiger partial charge in [0.1, 0.15) is 11.7 Å². The molecule has 0 unspecified atom stereocenters. The van der Waals surface area contributed by atoms with Gasteiger partial charge in [0.15, 0.2) is 11.5 Å². The second-order valence-corrected chi connectivity index (χ2v) is 8.68. The van der Waals surface area contributed by atoms with E-state index in [2.05, 4.69) is 25.5 Å². The molecule has 5 N–H and O–H groups in total. The van der Waals surface area contributed by atoms with Crippen molar-refractivity contribution in [3.63, 3.8) is 0 Å². The number of rotatable bonds is 6. The van der Waals surface area contributed by atoms with E-state index in [1.165, 1.54) is 17.4 Å². The van der Waals surface area contributed by atoms with Crippen LogP contribution in [-0.4, -0.2) is 37.7 Å². The van der Waals surface area contributed by atoms with Gasteiger partial charge in [0.25, 0.3) is 12.3 Å². The van der Waals surface area contributed by atoms with E-state index in [0.29, 0.717) is 16.5 Å². The maximum Gasteiger partial charge on any atom is 0.298 e. The molecule has 0 aliphatic rings. The molecule has 4 rings (SSSR count). The lowest BCUT2D eigenvalue weighted by atomic mass is 10.2. The van der Waals surface area contributed by atoms with Crippen LogP contribution in [0.15, 0.2) is 40.2 Å². The third-order valence-corrected chi connectivity index (χ3v) is 5.96. The molecule has 0 fully saturated rings. The number of imidazole rings is 1. The predicted molar refractivity (Wildman–Crippen MR) is 122 cm³/mol. The number of hydrazine groups is 1. The highest BCUT2D eigenvalue weighted by molar-refractivity contribution is 7.15. The van der Waals surface area contributed by atoms with E-state index in [9.17, 15) is 13.6 Å². The summed E-state index contributed by atoms with van der Waals surface area (Å²) in [7, 11) is 0. The Bertz CT molecular complexity index is 1380. The molecule has 14 heteroatoms. The van der Waals surface area contributed by atoms with Crippen LogP contribution < -0.4 is 22.0 Å². The Labute approximate surface area is 196 Å². The molecule has 0 radical (unpaired) electrons. The first kappa shape index (κ1) is 23.3. The Hall–Kier alpha value is -3.91. The maximum atomic E-state index is 13.5. The van der Waals surface area contributed by atoms with Crippen molar-refractivity contribution in [3.05, 3.63) is 52.7 Å². The van der Waals surface area contributed by atoms with Gasteiger partial charge in [-0.05, 0) is 39.0 Å². The minimum Gasteiger partial charge on any atom is -0.340 e. The van der Waals surface area contributed by atoms with Crippen molar-refractivity contribution < 1.29 is 18.1 Å². The molecule has 0 aliphatic heterocycles. The lowest BCUT2D eigenvalue weighted by Crippen LogP contribution is -2.43. The fraction of sp³-hybridized carbons (Fsp3) is 0.250. The van der Waals surface area contributed by atoms with Gasteiger partial charge in [-0.15, -0.1) is 11.3 Å². The molecule has 178 valence electrons. The van der Waals surface area contributed by atoms with E-state index in [0.717, 1.165) is 9.75 Å². The summed E-state index contributed by atoms with van der Waals surface area (Å²) in [6, 6.07) is 4.57. The predicted octanol–water partition coefficient (Wildman–Crippen LogP) is 2.77. The standard InChI is InChI=1S/C20H21F2N9O2S/c1-9-4-5-15(34-9)14-7-25-17-13(31(24)18(28-23)16(21)22)6-12(8-30(14)17)19(32)26-10(2)20-27-11(3)29-33-20/h4-8,10,16H,23-24H2,1-3H3,(H,26,32)/b28-18-/t10-/m1/s1. The highest BCUT2D eigenvalue weighted by Crippen LogP contribution is 2.32. The third-order valence-electron chi connectivity index (χ3n) is 4.94. The van der Waals surface area contributed by atoms with Crippen molar-refractivity contribution >= 4 is 34.4 Å². The number of aryl methyl sites for hydroxylation is 2. The Morgan fingerprint density at radius 1 is 1.35 bits per heavy atom. The van der Waals surface area contributed by atoms with Gasteiger partial charge in [-0.1, -0.05) is 5.16 Å². The molecule has 4 aromatic heterocycles. The van der Waals surface area contributed by atoms with Crippen LogP contribution in [0.4, 0.5) is 14.5 Å². The van der Waals surface area contributed by atoms with E-state index in [-0.39, 0.29) is 22.8 Å². The Morgan fingerprint density at radius 3 is 2.71 bits per heavy atom. The van der Waals surface area contributed by atoms with Crippen molar-refractivity contribution in [2.45, 2.75) is 33.2 Å². The Kier molecular flexibility index (Phi) is 6.26. The van der Waals surface area contributed by atoms with Crippen LogP contribution in [0.3, 0.4) is 0 Å². The summed E-state index contributed by atoms with van der Waals surface area (Å²) < 4.78 is 33.6. The number of thiophene rings is 1. The summed E-state index contributed by atoms with van der Waals surface area (Å²) in [6.45, 7) is 5.28. The number of hydrogen-bond acceptors (Lipinski definition) is 9. The molecular formula is C20H21F2N9O2S. The molecule has 0 saturated carbocycles. The van der Waals surface area contributed by atoms with Crippen molar-refractivity contribution in [3.8, 4) is 10.6 Å². The number of amides is 1. The average molecular weight is 490 g/mol. The SMILES string of the molecule is Cc1noc([C@@H](C)NC(=O)c2cc(N(N)/C(=N\N)C(F)F)c3ncc(-c4ccc(C)s4)n3c2)n1. The van der Waals surface area contributed by atoms with E-state index < -0.39 is 24.2 Å². The fourth-order valence-corrected chi connectivity index (χ4v) is 4.18. The molecule has 1 amide bonds. The van der Waals surface area contributed by atoms with Crippen molar-refractivity contribution in [1.29, 1.82) is 0 Å². The summed E-state index contributed by atoms with van der Waals surface area (Å²) in [5.74, 6) is 10.3. The topological polar surface area (TPSA) is 153 Å². The van der Waals surface area contributed by atoms with Crippen LogP contribution in [0.2, 0.25) is 0 Å². The number of nitrogens with one attached hydrogen (secondary N) is 1. The van der Waals surface area contributed by atoms with E-state index in [4.69, 9.17) is 16.2 Å². The molecule has 0 saturated heterocycles. The Morgan fingerprint density at radius 2 is 2.12 bits per heavy atom. The molecule has 0 aromatic carbocycles. The molecule has 11 nitrogen and oxygen atoms in total.